The number of rotatable bonds is 2. The highest BCUT2D eigenvalue weighted by Gasteiger charge is 2.27. The van der Waals surface area contributed by atoms with Crippen LogP contribution in [0.5, 0.6) is 0 Å². The summed E-state index contributed by atoms with van der Waals surface area (Å²) in [5.41, 5.74) is 1.01. The summed E-state index contributed by atoms with van der Waals surface area (Å²) in [6, 6.07) is 3.53. The monoisotopic (exact) mass is 272 g/mol. The van der Waals surface area contributed by atoms with Crippen molar-refractivity contribution >= 4 is 5.91 Å². The van der Waals surface area contributed by atoms with Crippen molar-refractivity contribution in [3.8, 4) is 0 Å². The summed E-state index contributed by atoms with van der Waals surface area (Å²) in [6.45, 7) is 3.29. The van der Waals surface area contributed by atoms with E-state index < -0.39 is 0 Å². The van der Waals surface area contributed by atoms with Crippen LogP contribution in [0.2, 0.25) is 0 Å². The second kappa shape index (κ2) is 5.40. The van der Waals surface area contributed by atoms with Crippen molar-refractivity contribution in [1.29, 1.82) is 0 Å². The summed E-state index contributed by atoms with van der Waals surface area (Å²) in [7, 11) is 0. The first-order chi connectivity index (χ1) is 9.74. The van der Waals surface area contributed by atoms with E-state index in [1.54, 1.807) is 12.3 Å². The Bertz CT molecular complexity index is 597. The lowest BCUT2D eigenvalue weighted by Crippen LogP contribution is -2.39. The highest BCUT2D eigenvalue weighted by atomic mass is 16.5. The minimum absolute atomic E-state index is 0.0991. The molecule has 0 aromatic carbocycles. The second-order valence-electron chi connectivity index (χ2n) is 5.00. The minimum Gasteiger partial charge on any atom is -0.351 e. The molecule has 0 N–H and O–H groups in total. The normalized spacial score (nSPS) is 19.1. The summed E-state index contributed by atoms with van der Waals surface area (Å²) in [4.78, 5) is 22.7. The molecule has 6 nitrogen and oxygen atoms in total. The van der Waals surface area contributed by atoms with E-state index in [0.29, 0.717) is 12.3 Å². The number of piperidine rings is 1. The number of aryl methyl sites for hydroxylation is 1. The van der Waals surface area contributed by atoms with Gasteiger partial charge in [-0.3, -0.25) is 4.79 Å². The molecule has 2 aromatic heterocycles. The van der Waals surface area contributed by atoms with Crippen LogP contribution in [0.15, 0.2) is 29.0 Å². The summed E-state index contributed by atoms with van der Waals surface area (Å²) in [6.07, 6.45) is 5.27. The van der Waals surface area contributed by atoms with Crippen molar-refractivity contribution in [2.45, 2.75) is 25.7 Å². The Morgan fingerprint density at radius 3 is 3.05 bits per heavy atom. The van der Waals surface area contributed by atoms with Gasteiger partial charge in [0.1, 0.15) is 5.82 Å². The fourth-order valence-electron chi connectivity index (χ4n) is 2.59. The van der Waals surface area contributed by atoms with Crippen molar-refractivity contribution in [2.24, 2.45) is 0 Å². The van der Waals surface area contributed by atoms with Gasteiger partial charge >= 0.3 is 0 Å². The van der Waals surface area contributed by atoms with E-state index in [-0.39, 0.29) is 11.8 Å². The minimum atomic E-state index is -0.0991. The lowest BCUT2D eigenvalue weighted by molar-refractivity contribution is 0.0664. The summed E-state index contributed by atoms with van der Waals surface area (Å²) in [5, 5.41) is 3.58. The zero-order chi connectivity index (χ0) is 13.9. The number of hydrogen-bond acceptors (Lipinski definition) is 5. The molecule has 0 spiro atoms. The second-order valence-corrected chi connectivity index (χ2v) is 5.00. The van der Waals surface area contributed by atoms with Gasteiger partial charge in [0.15, 0.2) is 0 Å². The van der Waals surface area contributed by atoms with E-state index >= 15 is 0 Å². The quantitative estimate of drug-likeness (QED) is 0.833. The van der Waals surface area contributed by atoms with Gasteiger partial charge in [-0.25, -0.2) is 9.97 Å². The molecule has 1 amide bonds. The maximum absolute atomic E-state index is 12.3. The van der Waals surface area contributed by atoms with Crippen LogP contribution in [0.1, 0.15) is 40.8 Å². The first-order valence-electron chi connectivity index (χ1n) is 6.73. The molecule has 0 aliphatic carbocycles. The third kappa shape index (κ3) is 2.54. The largest absolute Gasteiger partial charge is 0.351 e. The number of likely N-dealkylation sites (tertiary alicyclic amines) is 1. The Kier molecular flexibility index (Phi) is 3.45. The first kappa shape index (κ1) is 12.8. The van der Waals surface area contributed by atoms with Crippen LogP contribution < -0.4 is 0 Å². The van der Waals surface area contributed by atoms with Crippen molar-refractivity contribution in [2.75, 3.05) is 13.1 Å². The third-order valence-electron chi connectivity index (χ3n) is 3.57. The van der Waals surface area contributed by atoms with Gasteiger partial charge in [0.25, 0.3) is 5.91 Å². The lowest BCUT2D eigenvalue weighted by atomic mass is 9.94. The SMILES string of the molecule is Cc1nccc(C2CCCN(C(=O)c3ccno3)C2)n1. The number of hydrogen-bond donors (Lipinski definition) is 0. The molecule has 1 atom stereocenters. The summed E-state index contributed by atoms with van der Waals surface area (Å²) < 4.78 is 4.94. The Morgan fingerprint density at radius 1 is 1.40 bits per heavy atom. The lowest BCUT2D eigenvalue weighted by Gasteiger charge is -2.31. The Hall–Kier alpha value is -2.24. The molecule has 2 aromatic rings. The molecule has 1 saturated heterocycles. The van der Waals surface area contributed by atoms with E-state index in [4.69, 9.17) is 4.52 Å². The van der Waals surface area contributed by atoms with E-state index in [1.807, 2.05) is 17.9 Å². The molecule has 1 aliphatic heterocycles. The molecule has 3 rings (SSSR count). The van der Waals surface area contributed by atoms with Crippen LogP contribution in [0.4, 0.5) is 0 Å². The molecule has 0 radical (unpaired) electrons. The van der Waals surface area contributed by atoms with Gasteiger partial charge in [-0.05, 0) is 25.8 Å². The highest BCUT2D eigenvalue weighted by Crippen LogP contribution is 2.26. The van der Waals surface area contributed by atoms with Crippen LogP contribution in [-0.4, -0.2) is 39.0 Å². The van der Waals surface area contributed by atoms with E-state index in [1.165, 1.54) is 6.20 Å². The Morgan fingerprint density at radius 2 is 2.30 bits per heavy atom. The molecule has 0 saturated carbocycles. The zero-order valence-corrected chi connectivity index (χ0v) is 11.3. The Balaban J connectivity index is 1.75. The molecule has 1 fully saturated rings. The number of carbonyl (C=O) groups excluding carboxylic acids is 1. The number of carbonyl (C=O) groups is 1. The van der Waals surface area contributed by atoms with Crippen LogP contribution in [0, 0.1) is 6.92 Å². The number of nitrogens with zero attached hydrogens (tertiary/aromatic N) is 4. The average Bonchev–Trinajstić information content (AvgIpc) is 3.01. The maximum Gasteiger partial charge on any atom is 0.292 e. The Labute approximate surface area is 116 Å². The first-order valence-corrected chi connectivity index (χ1v) is 6.73. The molecule has 3 heterocycles. The number of aromatic nitrogens is 3. The van der Waals surface area contributed by atoms with Crippen molar-refractivity contribution in [1.82, 2.24) is 20.0 Å². The van der Waals surface area contributed by atoms with Crippen LogP contribution in [-0.2, 0) is 0 Å². The fourth-order valence-corrected chi connectivity index (χ4v) is 2.59. The van der Waals surface area contributed by atoms with Crippen LogP contribution in [0.25, 0.3) is 0 Å². The van der Waals surface area contributed by atoms with Gasteiger partial charge in [0.2, 0.25) is 5.76 Å². The maximum atomic E-state index is 12.3. The third-order valence-corrected chi connectivity index (χ3v) is 3.57. The zero-order valence-electron chi connectivity index (χ0n) is 11.3. The average molecular weight is 272 g/mol. The summed E-state index contributed by atoms with van der Waals surface area (Å²) >= 11 is 0. The van der Waals surface area contributed by atoms with Crippen molar-refractivity contribution < 1.29 is 9.32 Å². The molecular formula is C14H16N4O2. The fraction of sp³-hybridized carbons (Fsp3) is 0.429. The van der Waals surface area contributed by atoms with Crippen LogP contribution >= 0.6 is 0 Å². The van der Waals surface area contributed by atoms with Gasteiger partial charge in [0.05, 0.1) is 6.20 Å². The smallest absolute Gasteiger partial charge is 0.292 e. The van der Waals surface area contributed by atoms with Gasteiger partial charge in [-0.15, -0.1) is 0 Å². The molecule has 1 aliphatic rings. The molecule has 0 bridgehead atoms. The van der Waals surface area contributed by atoms with E-state index in [2.05, 4.69) is 15.1 Å². The molecule has 6 heteroatoms. The van der Waals surface area contributed by atoms with Gasteiger partial charge < -0.3 is 9.42 Å². The standard InChI is InChI=1S/C14H16N4O2/c1-10-15-6-4-12(17-10)11-3-2-8-18(9-11)14(19)13-5-7-16-20-13/h4-7,11H,2-3,8-9H2,1H3. The summed E-state index contributed by atoms with van der Waals surface area (Å²) in [5.74, 6) is 1.22. The molecular weight excluding hydrogens is 256 g/mol. The molecule has 20 heavy (non-hydrogen) atoms. The predicted octanol–water partition coefficient (Wildman–Crippen LogP) is 1.79. The topological polar surface area (TPSA) is 72.1 Å². The number of amides is 1. The molecule has 1 unspecified atom stereocenters. The van der Waals surface area contributed by atoms with E-state index in [9.17, 15) is 4.79 Å². The van der Waals surface area contributed by atoms with Gasteiger partial charge in [0, 0.05) is 37.0 Å². The van der Waals surface area contributed by atoms with Gasteiger partial charge in [-0.1, -0.05) is 5.16 Å². The van der Waals surface area contributed by atoms with E-state index in [0.717, 1.165) is 30.9 Å². The highest BCUT2D eigenvalue weighted by molar-refractivity contribution is 5.91. The predicted molar refractivity (Wildman–Crippen MR) is 71.2 cm³/mol. The van der Waals surface area contributed by atoms with Crippen LogP contribution in [0.3, 0.4) is 0 Å². The van der Waals surface area contributed by atoms with Crippen molar-refractivity contribution in [3.05, 3.63) is 41.8 Å². The van der Waals surface area contributed by atoms with Gasteiger partial charge in [-0.2, -0.15) is 0 Å². The van der Waals surface area contributed by atoms with Crippen molar-refractivity contribution in [3.63, 3.8) is 0 Å². The molecule has 104 valence electrons.